The molecule has 2 fully saturated rings. The predicted molar refractivity (Wildman–Crippen MR) is 113 cm³/mol. The van der Waals surface area contributed by atoms with Gasteiger partial charge in [-0.05, 0) is 23.1 Å². The number of fused-ring (bicyclic) bond motifs is 2. The first kappa shape index (κ1) is 20.6. The first-order valence-electron chi connectivity index (χ1n) is 10.3. The third kappa shape index (κ3) is 2.61. The summed E-state index contributed by atoms with van der Waals surface area (Å²) in [5.41, 5.74) is -0.997. The van der Waals surface area contributed by atoms with Crippen LogP contribution in [0.5, 0.6) is 0 Å². The lowest BCUT2D eigenvalue weighted by Gasteiger charge is -2.48. The molecule has 6 heteroatoms. The summed E-state index contributed by atoms with van der Waals surface area (Å²) in [6, 6.07) is 23.6. The van der Waals surface area contributed by atoms with E-state index in [1.54, 1.807) is 6.92 Å². The van der Waals surface area contributed by atoms with Crippen LogP contribution in [0.1, 0.15) is 38.4 Å². The van der Waals surface area contributed by atoms with Crippen molar-refractivity contribution in [3.05, 3.63) is 60.2 Å². The van der Waals surface area contributed by atoms with E-state index in [4.69, 9.17) is 14.9 Å². The quantitative estimate of drug-likeness (QED) is 0.752. The Balaban J connectivity index is 1.86. The van der Waals surface area contributed by atoms with Gasteiger partial charge in [0.05, 0.1) is 24.1 Å². The lowest BCUT2D eigenvalue weighted by molar-refractivity contribution is -0.273. The molecule has 154 valence electrons. The summed E-state index contributed by atoms with van der Waals surface area (Å²) in [5.74, 6) is -2.22. The molecule has 0 aliphatic carbocycles. The molecule has 0 radical (unpaired) electrons. The fourth-order valence-electron chi connectivity index (χ4n) is 5.10. The molecule has 1 N–H and O–H groups in total. The van der Waals surface area contributed by atoms with Gasteiger partial charge in [0.2, 0.25) is 17.1 Å². The third-order valence-electron chi connectivity index (χ3n) is 6.61. The van der Waals surface area contributed by atoms with Crippen LogP contribution in [0.25, 0.3) is 11.1 Å². The first-order valence-corrected chi connectivity index (χ1v) is 10.3. The van der Waals surface area contributed by atoms with Crippen molar-refractivity contribution in [2.24, 2.45) is 16.7 Å². The third-order valence-corrected chi connectivity index (χ3v) is 6.61. The van der Waals surface area contributed by atoms with Crippen LogP contribution in [-0.4, -0.2) is 11.7 Å². The lowest BCUT2D eigenvalue weighted by atomic mass is 9.53. The highest BCUT2D eigenvalue weighted by Gasteiger charge is 2.78. The van der Waals surface area contributed by atoms with Gasteiger partial charge in [0.1, 0.15) is 6.10 Å². The SMILES string of the molecule is CCCC1C2(C)OC(=N)C1(C#N)C(C#N)(C#N)C(c1ccc(-c3ccccc3)cc1)O2. The zero-order chi connectivity index (χ0) is 22.3. The Bertz CT molecular complexity index is 1130. The number of nitrogens with zero attached hydrogens (tertiary/aromatic N) is 3. The van der Waals surface area contributed by atoms with Gasteiger partial charge in [-0.1, -0.05) is 67.9 Å². The number of rotatable bonds is 4. The molecule has 2 aliphatic heterocycles. The summed E-state index contributed by atoms with van der Waals surface area (Å²) in [6.07, 6.45) is 0.164. The smallest absolute Gasteiger partial charge is 0.214 e. The monoisotopic (exact) mass is 410 g/mol. The van der Waals surface area contributed by atoms with Gasteiger partial charge in [0.25, 0.3) is 0 Å². The van der Waals surface area contributed by atoms with Crippen molar-refractivity contribution >= 4 is 5.90 Å². The normalized spacial score (nSPS) is 30.5. The highest BCUT2D eigenvalue weighted by molar-refractivity contribution is 5.89. The largest absolute Gasteiger partial charge is 0.448 e. The van der Waals surface area contributed by atoms with Crippen molar-refractivity contribution < 1.29 is 9.47 Å². The molecule has 2 aromatic carbocycles. The lowest BCUT2D eigenvalue weighted by Crippen LogP contribution is -2.58. The highest BCUT2D eigenvalue weighted by atomic mass is 16.7. The second-order valence-electron chi connectivity index (χ2n) is 8.23. The molecule has 2 aromatic rings. The average molecular weight is 410 g/mol. The van der Waals surface area contributed by atoms with Gasteiger partial charge in [0.15, 0.2) is 5.41 Å². The van der Waals surface area contributed by atoms with Crippen LogP contribution in [0.15, 0.2) is 54.6 Å². The van der Waals surface area contributed by atoms with Crippen molar-refractivity contribution in [2.75, 3.05) is 0 Å². The Kier molecular flexibility index (Phi) is 4.81. The molecule has 6 nitrogen and oxygen atoms in total. The van der Waals surface area contributed by atoms with E-state index in [-0.39, 0.29) is 5.90 Å². The number of ether oxygens (including phenoxy) is 2. The Hall–Kier alpha value is -3.66. The number of hydrogen-bond donors (Lipinski definition) is 1. The minimum Gasteiger partial charge on any atom is -0.448 e. The molecule has 0 saturated carbocycles. The molecule has 4 unspecified atom stereocenters. The number of nitriles is 3. The summed E-state index contributed by atoms with van der Waals surface area (Å²) in [4.78, 5) is 0. The molecular formula is C25H22N4O2. The minimum atomic E-state index is -1.91. The molecule has 0 aromatic heterocycles. The molecular weight excluding hydrogens is 388 g/mol. The van der Waals surface area contributed by atoms with E-state index in [2.05, 4.69) is 18.2 Å². The van der Waals surface area contributed by atoms with E-state index >= 15 is 0 Å². The molecule has 0 amide bonds. The Morgan fingerprint density at radius 1 is 0.935 bits per heavy atom. The van der Waals surface area contributed by atoms with Crippen molar-refractivity contribution in [3.63, 3.8) is 0 Å². The Labute approximate surface area is 181 Å². The summed E-state index contributed by atoms with van der Waals surface area (Å²) >= 11 is 0. The van der Waals surface area contributed by atoms with Crippen LogP contribution in [-0.2, 0) is 9.47 Å². The number of benzene rings is 2. The minimum absolute atomic E-state index is 0.359. The first-order chi connectivity index (χ1) is 14.9. The van der Waals surface area contributed by atoms with Gasteiger partial charge in [0, 0.05) is 6.92 Å². The zero-order valence-electron chi connectivity index (χ0n) is 17.4. The predicted octanol–water partition coefficient (Wildman–Crippen LogP) is 5.11. The van der Waals surface area contributed by atoms with Gasteiger partial charge in [-0.25, -0.2) is 0 Å². The number of hydrogen-bond acceptors (Lipinski definition) is 6. The van der Waals surface area contributed by atoms with E-state index < -0.39 is 28.6 Å². The summed E-state index contributed by atoms with van der Waals surface area (Å²) in [5, 5.41) is 39.3. The van der Waals surface area contributed by atoms with Gasteiger partial charge in [-0.15, -0.1) is 0 Å². The molecule has 0 spiro atoms. The van der Waals surface area contributed by atoms with Crippen molar-refractivity contribution in [2.45, 2.75) is 38.6 Å². The van der Waals surface area contributed by atoms with Crippen LogP contribution in [0, 0.1) is 56.2 Å². The van der Waals surface area contributed by atoms with Gasteiger partial charge in [-0.2, -0.15) is 15.8 Å². The van der Waals surface area contributed by atoms with Crippen LogP contribution >= 0.6 is 0 Å². The van der Waals surface area contributed by atoms with E-state index in [1.165, 1.54) is 0 Å². The zero-order valence-corrected chi connectivity index (χ0v) is 17.4. The van der Waals surface area contributed by atoms with E-state index in [0.717, 1.165) is 11.1 Å². The maximum atomic E-state index is 10.3. The van der Waals surface area contributed by atoms with E-state index in [9.17, 15) is 15.8 Å². The van der Waals surface area contributed by atoms with Gasteiger partial charge < -0.3 is 9.47 Å². The Morgan fingerprint density at radius 2 is 1.55 bits per heavy atom. The summed E-state index contributed by atoms with van der Waals surface area (Å²) < 4.78 is 12.1. The molecule has 2 saturated heterocycles. The summed E-state index contributed by atoms with van der Waals surface area (Å²) in [6.45, 7) is 3.65. The van der Waals surface area contributed by atoms with Gasteiger partial charge in [-0.3, -0.25) is 5.41 Å². The maximum absolute atomic E-state index is 10.3. The van der Waals surface area contributed by atoms with Crippen LogP contribution in [0.4, 0.5) is 0 Å². The topological polar surface area (TPSA) is 114 Å². The Morgan fingerprint density at radius 3 is 2.10 bits per heavy atom. The van der Waals surface area contributed by atoms with Crippen LogP contribution < -0.4 is 0 Å². The van der Waals surface area contributed by atoms with Gasteiger partial charge >= 0.3 is 0 Å². The van der Waals surface area contributed by atoms with E-state index in [0.29, 0.717) is 18.4 Å². The maximum Gasteiger partial charge on any atom is 0.214 e. The second kappa shape index (κ2) is 7.24. The molecule has 4 atom stereocenters. The fourth-order valence-corrected chi connectivity index (χ4v) is 5.10. The van der Waals surface area contributed by atoms with Crippen molar-refractivity contribution in [1.29, 1.82) is 21.2 Å². The molecule has 31 heavy (non-hydrogen) atoms. The fraction of sp³-hybridized carbons (Fsp3) is 0.360. The van der Waals surface area contributed by atoms with Crippen molar-refractivity contribution in [1.82, 2.24) is 0 Å². The van der Waals surface area contributed by atoms with Crippen LogP contribution in [0.2, 0.25) is 0 Å². The van der Waals surface area contributed by atoms with E-state index in [1.807, 2.05) is 61.5 Å². The highest BCUT2D eigenvalue weighted by Crippen LogP contribution is 2.67. The molecule has 4 rings (SSSR count). The van der Waals surface area contributed by atoms with Crippen LogP contribution in [0.3, 0.4) is 0 Å². The standard InChI is InChI=1S/C25H22N4O2/c1-3-7-20-23(2)30-21(24(14-26,15-27)25(20,16-28)22(29)31-23)19-12-10-18(11-13-19)17-8-5-4-6-9-17/h4-6,8-13,20-21,29H,3,7H2,1-2H3. The molecule has 2 heterocycles. The average Bonchev–Trinajstić information content (AvgIpc) is 2.97. The number of nitrogens with one attached hydrogen (secondary N) is 1. The molecule has 2 aliphatic rings. The summed E-state index contributed by atoms with van der Waals surface area (Å²) in [7, 11) is 0. The molecule has 2 bridgehead atoms. The van der Waals surface area contributed by atoms with Crippen molar-refractivity contribution in [3.8, 4) is 29.3 Å². The second-order valence-corrected chi connectivity index (χ2v) is 8.23.